The molecule has 16 heavy (non-hydrogen) atoms. The molecule has 8 nitrogen and oxygen atoms in total. The highest BCUT2D eigenvalue weighted by molar-refractivity contribution is 7.88. The van der Waals surface area contributed by atoms with Gasteiger partial charge in [0, 0.05) is 6.07 Å². The van der Waals surface area contributed by atoms with Gasteiger partial charge in [-0.2, -0.15) is 14.6 Å². The summed E-state index contributed by atoms with van der Waals surface area (Å²) in [7, 11) is -3.29. The van der Waals surface area contributed by atoms with Crippen LogP contribution in [0.25, 0.3) is 5.78 Å². The molecule has 86 valence electrons. The third-order valence-corrected chi connectivity index (χ3v) is 2.47. The molecule has 0 radical (unpaired) electrons. The van der Waals surface area contributed by atoms with Crippen molar-refractivity contribution in [1.82, 2.24) is 24.3 Å². The molecule has 2 rings (SSSR count). The third-order valence-electron chi connectivity index (χ3n) is 1.80. The summed E-state index contributed by atoms with van der Waals surface area (Å²) in [4.78, 5) is 7.79. The number of nitrogens with zero attached hydrogens (tertiary/aromatic N) is 4. The number of fused-ring (bicyclic) bond motifs is 1. The van der Waals surface area contributed by atoms with Crippen LogP contribution in [0.3, 0.4) is 0 Å². The Morgan fingerprint density at radius 3 is 3.00 bits per heavy atom. The molecule has 0 fully saturated rings. The largest absolute Gasteiger partial charge is 0.493 e. The highest BCUT2D eigenvalue weighted by Crippen LogP contribution is 2.10. The monoisotopic (exact) mass is 243 g/mol. The van der Waals surface area contributed by atoms with Gasteiger partial charge in [-0.1, -0.05) is 0 Å². The minimum atomic E-state index is -3.29. The summed E-state index contributed by atoms with van der Waals surface area (Å²) >= 11 is 0. The highest BCUT2D eigenvalue weighted by atomic mass is 32.2. The van der Waals surface area contributed by atoms with Crippen LogP contribution in [0.4, 0.5) is 0 Å². The van der Waals surface area contributed by atoms with Crippen molar-refractivity contribution < 1.29 is 13.5 Å². The molecule has 0 amide bonds. The standard InChI is InChI=1S/C7H9N5O3S/c1-16(14,15)10-3-5-2-6(13)12-7(11-5)8-4-9-12/h2,4,10,13H,3H2,1H3. The Hall–Kier alpha value is -1.74. The van der Waals surface area contributed by atoms with Gasteiger partial charge in [0.2, 0.25) is 15.9 Å². The molecule has 9 heteroatoms. The van der Waals surface area contributed by atoms with Crippen molar-refractivity contribution in [1.29, 1.82) is 0 Å². The Morgan fingerprint density at radius 1 is 1.56 bits per heavy atom. The maximum Gasteiger partial charge on any atom is 0.255 e. The number of sulfonamides is 1. The number of nitrogens with one attached hydrogen (secondary N) is 1. The average Bonchev–Trinajstić information content (AvgIpc) is 2.62. The predicted octanol–water partition coefficient (Wildman–Crippen LogP) is -1.12. The van der Waals surface area contributed by atoms with Gasteiger partial charge < -0.3 is 5.11 Å². The smallest absolute Gasteiger partial charge is 0.255 e. The molecule has 0 spiro atoms. The molecule has 0 aliphatic heterocycles. The van der Waals surface area contributed by atoms with E-state index in [4.69, 9.17) is 0 Å². The zero-order valence-electron chi connectivity index (χ0n) is 8.32. The summed E-state index contributed by atoms with van der Waals surface area (Å²) in [5, 5.41) is 13.2. The van der Waals surface area contributed by atoms with E-state index in [1.807, 2.05) is 0 Å². The van der Waals surface area contributed by atoms with Crippen molar-refractivity contribution in [3.8, 4) is 5.88 Å². The minimum Gasteiger partial charge on any atom is -0.493 e. The zero-order valence-corrected chi connectivity index (χ0v) is 9.14. The predicted molar refractivity (Wildman–Crippen MR) is 54.1 cm³/mol. The van der Waals surface area contributed by atoms with E-state index in [1.54, 1.807) is 0 Å². The number of aromatic nitrogens is 4. The Balaban J connectivity index is 2.32. The molecule has 0 bridgehead atoms. The molecule has 0 aromatic carbocycles. The third kappa shape index (κ3) is 2.25. The van der Waals surface area contributed by atoms with Crippen LogP contribution in [0.2, 0.25) is 0 Å². The van der Waals surface area contributed by atoms with Gasteiger partial charge in [-0.15, -0.1) is 0 Å². The lowest BCUT2D eigenvalue weighted by Crippen LogP contribution is -2.22. The lowest BCUT2D eigenvalue weighted by molar-refractivity contribution is 0.433. The van der Waals surface area contributed by atoms with Crippen LogP contribution in [0, 0.1) is 0 Å². The lowest BCUT2D eigenvalue weighted by atomic mass is 10.4. The van der Waals surface area contributed by atoms with Gasteiger partial charge >= 0.3 is 0 Å². The Kier molecular flexibility index (Phi) is 2.48. The molecule has 2 N–H and O–H groups in total. The van der Waals surface area contributed by atoms with Crippen molar-refractivity contribution >= 4 is 15.8 Å². The zero-order chi connectivity index (χ0) is 11.8. The Bertz CT molecular complexity index is 620. The molecule has 0 aliphatic rings. The van der Waals surface area contributed by atoms with Gasteiger partial charge in [0.25, 0.3) is 5.78 Å². The molecule has 0 aliphatic carbocycles. The van der Waals surface area contributed by atoms with E-state index in [0.29, 0.717) is 5.69 Å². The maximum atomic E-state index is 10.9. The van der Waals surface area contributed by atoms with Crippen molar-refractivity contribution in [2.24, 2.45) is 0 Å². The molecule has 0 saturated heterocycles. The van der Waals surface area contributed by atoms with Gasteiger partial charge in [-0.05, 0) is 0 Å². The molecule has 2 aromatic heterocycles. The van der Waals surface area contributed by atoms with Crippen LogP contribution in [0.5, 0.6) is 5.88 Å². The molecule has 2 heterocycles. The van der Waals surface area contributed by atoms with Crippen molar-refractivity contribution in [2.75, 3.05) is 6.26 Å². The lowest BCUT2D eigenvalue weighted by Gasteiger charge is -2.03. The fraction of sp³-hybridized carbons (Fsp3) is 0.286. The van der Waals surface area contributed by atoms with Gasteiger partial charge in [0.05, 0.1) is 18.5 Å². The minimum absolute atomic E-state index is 0.00421. The first-order valence-corrected chi connectivity index (χ1v) is 6.18. The first-order valence-electron chi connectivity index (χ1n) is 4.29. The van der Waals surface area contributed by atoms with Crippen LogP contribution >= 0.6 is 0 Å². The van der Waals surface area contributed by atoms with Crippen molar-refractivity contribution in [3.05, 3.63) is 18.1 Å². The van der Waals surface area contributed by atoms with E-state index in [9.17, 15) is 13.5 Å². The van der Waals surface area contributed by atoms with Gasteiger partial charge in [0.1, 0.15) is 6.33 Å². The van der Waals surface area contributed by atoms with Crippen LogP contribution in [0.15, 0.2) is 12.4 Å². The van der Waals surface area contributed by atoms with Gasteiger partial charge in [0.15, 0.2) is 0 Å². The average molecular weight is 243 g/mol. The van der Waals surface area contributed by atoms with E-state index in [2.05, 4.69) is 19.8 Å². The molecule has 0 atom stereocenters. The van der Waals surface area contributed by atoms with E-state index < -0.39 is 10.0 Å². The van der Waals surface area contributed by atoms with Crippen LogP contribution < -0.4 is 4.72 Å². The molecule has 0 unspecified atom stereocenters. The second kappa shape index (κ2) is 3.68. The highest BCUT2D eigenvalue weighted by Gasteiger charge is 2.07. The fourth-order valence-electron chi connectivity index (χ4n) is 1.14. The van der Waals surface area contributed by atoms with E-state index >= 15 is 0 Å². The second-order valence-corrected chi connectivity index (χ2v) is 5.00. The van der Waals surface area contributed by atoms with Crippen LogP contribution in [0.1, 0.15) is 5.69 Å². The number of rotatable bonds is 3. The van der Waals surface area contributed by atoms with E-state index in [0.717, 1.165) is 10.8 Å². The normalized spacial score (nSPS) is 12.1. The van der Waals surface area contributed by atoms with Gasteiger partial charge in [-0.3, -0.25) is 0 Å². The molecule has 2 aromatic rings. The Labute approximate surface area is 91.0 Å². The molecular weight excluding hydrogens is 234 g/mol. The maximum absolute atomic E-state index is 10.9. The quantitative estimate of drug-likeness (QED) is 0.706. The summed E-state index contributed by atoms with van der Waals surface area (Å²) < 4.78 is 25.1. The summed E-state index contributed by atoms with van der Waals surface area (Å²) in [6, 6.07) is 1.32. The van der Waals surface area contributed by atoms with Crippen molar-refractivity contribution in [3.63, 3.8) is 0 Å². The number of aromatic hydroxyl groups is 1. The van der Waals surface area contributed by atoms with Crippen molar-refractivity contribution in [2.45, 2.75) is 6.54 Å². The Morgan fingerprint density at radius 2 is 2.31 bits per heavy atom. The summed E-state index contributed by atoms with van der Waals surface area (Å²) in [6.07, 6.45) is 2.29. The molecule has 0 saturated carbocycles. The number of hydrogen-bond donors (Lipinski definition) is 2. The van der Waals surface area contributed by atoms with Crippen LogP contribution in [-0.4, -0.2) is 39.4 Å². The summed E-state index contributed by atoms with van der Waals surface area (Å²) in [5.41, 5.74) is 0.364. The first kappa shape index (κ1) is 10.8. The fourth-order valence-corrected chi connectivity index (χ4v) is 1.55. The van der Waals surface area contributed by atoms with Crippen LogP contribution in [-0.2, 0) is 16.6 Å². The summed E-state index contributed by atoms with van der Waals surface area (Å²) in [6.45, 7) is -0.00421. The topological polar surface area (TPSA) is 109 Å². The SMILES string of the molecule is CS(=O)(=O)NCc1cc(O)n2ncnc2n1. The summed E-state index contributed by atoms with van der Waals surface area (Å²) in [5.74, 6) is 0.0677. The molecular formula is C7H9N5O3S. The van der Waals surface area contributed by atoms with Gasteiger partial charge in [-0.25, -0.2) is 18.1 Å². The number of hydrogen-bond acceptors (Lipinski definition) is 6. The second-order valence-electron chi connectivity index (χ2n) is 3.17. The van der Waals surface area contributed by atoms with E-state index in [1.165, 1.54) is 12.4 Å². The first-order chi connectivity index (χ1) is 7.46. The van der Waals surface area contributed by atoms with E-state index in [-0.39, 0.29) is 18.2 Å².